The quantitative estimate of drug-likeness (QED) is 0.291. The van der Waals surface area contributed by atoms with Crippen molar-refractivity contribution in [1.82, 2.24) is 15.0 Å². The average Bonchev–Trinajstić information content (AvgIpc) is 3.38. The Labute approximate surface area is 217 Å². The van der Waals surface area contributed by atoms with E-state index < -0.39 is 30.4 Å². The average molecular weight is 526 g/mol. The lowest BCUT2D eigenvalue weighted by molar-refractivity contribution is -0.145. The first-order chi connectivity index (χ1) is 18.1. The van der Waals surface area contributed by atoms with Gasteiger partial charge in [-0.3, -0.25) is 9.69 Å². The molecule has 0 spiro atoms. The summed E-state index contributed by atoms with van der Waals surface area (Å²) in [5.41, 5.74) is 1.91. The van der Waals surface area contributed by atoms with Gasteiger partial charge in [-0.05, 0) is 53.9 Å². The Morgan fingerprint density at radius 1 is 1.03 bits per heavy atom. The fourth-order valence-electron chi connectivity index (χ4n) is 4.32. The smallest absolute Gasteiger partial charge is 0.417 e. The van der Waals surface area contributed by atoms with Crippen LogP contribution in [0.25, 0.3) is 34.0 Å². The van der Waals surface area contributed by atoms with E-state index >= 15 is 0 Å². The van der Waals surface area contributed by atoms with Crippen LogP contribution in [0.4, 0.5) is 13.2 Å². The molecule has 0 saturated carbocycles. The standard InChI is InChI=1S/C28H26F3N3O4/c1-3-34(24(16-35)27(36)37)15-18-8-6-9-19(13-18)25-32-26(38-33-25)20-11-12-22(23(14-20)28(29,30)31)21-10-5-4-7-17(21)2/h4-14,24,35H,3,15-16H2,1-2H3,(H,36,37)/t24-/m1/s1. The zero-order chi connectivity index (χ0) is 27.4. The number of halogens is 3. The van der Waals surface area contributed by atoms with Gasteiger partial charge >= 0.3 is 12.1 Å². The number of aryl methyl sites for hydroxylation is 1. The molecule has 10 heteroatoms. The molecule has 0 fully saturated rings. The lowest BCUT2D eigenvalue weighted by Gasteiger charge is -2.26. The normalized spacial score (nSPS) is 12.6. The predicted octanol–water partition coefficient (Wildman–Crippen LogP) is 5.67. The summed E-state index contributed by atoms with van der Waals surface area (Å²) in [6, 6.07) is 16.8. The number of aliphatic hydroxyl groups excluding tert-OH is 1. The van der Waals surface area contributed by atoms with Gasteiger partial charge in [-0.1, -0.05) is 60.6 Å². The second-order valence-corrected chi connectivity index (χ2v) is 8.80. The van der Waals surface area contributed by atoms with Crippen LogP contribution in [-0.2, 0) is 17.5 Å². The Hall–Kier alpha value is -4.02. The molecule has 1 heterocycles. The number of hydrogen-bond acceptors (Lipinski definition) is 6. The molecule has 38 heavy (non-hydrogen) atoms. The Kier molecular flexibility index (Phi) is 7.94. The van der Waals surface area contributed by atoms with Crippen molar-refractivity contribution in [2.45, 2.75) is 32.6 Å². The highest BCUT2D eigenvalue weighted by Gasteiger charge is 2.35. The van der Waals surface area contributed by atoms with E-state index in [1.807, 2.05) is 0 Å². The van der Waals surface area contributed by atoms with E-state index in [1.165, 1.54) is 12.1 Å². The molecule has 0 aliphatic rings. The Morgan fingerprint density at radius 2 is 1.79 bits per heavy atom. The number of alkyl halides is 3. The van der Waals surface area contributed by atoms with Gasteiger partial charge in [0.05, 0.1) is 12.2 Å². The third-order valence-electron chi connectivity index (χ3n) is 6.31. The molecule has 1 atom stereocenters. The molecule has 0 unspecified atom stereocenters. The summed E-state index contributed by atoms with van der Waals surface area (Å²) in [6.07, 6.45) is -4.60. The molecule has 3 aromatic carbocycles. The van der Waals surface area contributed by atoms with Gasteiger partial charge in [-0.15, -0.1) is 0 Å². The number of carboxylic acids is 1. The Morgan fingerprint density at radius 3 is 2.45 bits per heavy atom. The molecule has 0 radical (unpaired) electrons. The maximum atomic E-state index is 14.0. The van der Waals surface area contributed by atoms with Crippen molar-refractivity contribution in [3.05, 3.63) is 83.4 Å². The molecular formula is C28H26F3N3O4. The first kappa shape index (κ1) is 27.0. The van der Waals surface area contributed by atoms with Gasteiger partial charge in [0.2, 0.25) is 5.82 Å². The summed E-state index contributed by atoms with van der Waals surface area (Å²) < 4.78 is 47.4. The van der Waals surface area contributed by atoms with Crippen molar-refractivity contribution in [3.8, 4) is 34.0 Å². The molecule has 7 nitrogen and oxygen atoms in total. The van der Waals surface area contributed by atoms with E-state index in [4.69, 9.17) is 4.52 Å². The summed E-state index contributed by atoms with van der Waals surface area (Å²) in [4.78, 5) is 17.4. The van der Waals surface area contributed by atoms with Crippen molar-refractivity contribution in [2.75, 3.05) is 13.2 Å². The number of aliphatic carboxylic acids is 1. The third-order valence-corrected chi connectivity index (χ3v) is 6.31. The number of hydrogen-bond donors (Lipinski definition) is 2. The number of carboxylic acid groups (broad SMARTS) is 1. The zero-order valence-electron chi connectivity index (χ0n) is 20.7. The van der Waals surface area contributed by atoms with Gasteiger partial charge in [0, 0.05) is 17.7 Å². The first-order valence-corrected chi connectivity index (χ1v) is 11.9. The monoisotopic (exact) mass is 525 g/mol. The van der Waals surface area contributed by atoms with E-state index in [2.05, 4.69) is 10.1 Å². The van der Waals surface area contributed by atoms with Crippen LogP contribution in [0.5, 0.6) is 0 Å². The second-order valence-electron chi connectivity index (χ2n) is 8.80. The van der Waals surface area contributed by atoms with Crippen LogP contribution >= 0.6 is 0 Å². The minimum Gasteiger partial charge on any atom is -0.480 e. The molecule has 4 aromatic rings. The molecule has 0 saturated heterocycles. The van der Waals surface area contributed by atoms with E-state index in [0.717, 1.165) is 17.2 Å². The number of rotatable bonds is 9. The zero-order valence-corrected chi connectivity index (χ0v) is 20.7. The predicted molar refractivity (Wildman–Crippen MR) is 135 cm³/mol. The fraction of sp³-hybridized carbons (Fsp3) is 0.250. The number of benzene rings is 3. The molecule has 0 bridgehead atoms. The van der Waals surface area contributed by atoms with Crippen molar-refractivity contribution < 1.29 is 32.7 Å². The Balaban J connectivity index is 1.65. The molecule has 0 aliphatic carbocycles. The van der Waals surface area contributed by atoms with Gasteiger partial charge in [0.25, 0.3) is 5.89 Å². The van der Waals surface area contributed by atoms with Crippen LogP contribution in [0.2, 0.25) is 0 Å². The third kappa shape index (κ3) is 5.76. The van der Waals surface area contributed by atoms with Crippen molar-refractivity contribution in [3.63, 3.8) is 0 Å². The SMILES string of the molecule is CCN(Cc1cccc(-c2noc(-c3ccc(-c4ccccc4C)c(C(F)(F)F)c3)n2)c1)[C@H](CO)C(=O)O. The number of aliphatic hydroxyl groups is 1. The topological polar surface area (TPSA) is 99.7 Å². The summed E-state index contributed by atoms with van der Waals surface area (Å²) in [5.74, 6) is -1.01. The highest BCUT2D eigenvalue weighted by atomic mass is 19.4. The maximum Gasteiger partial charge on any atom is 0.417 e. The number of nitrogens with zero attached hydrogens (tertiary/aromatic N) is 3. The number of carbonyl (C=O) groups is 1. The van der Waals surface area contributed by atoms with E-state index in [1.54, 1.807) is 67.3 Å². The molecule has 198 valence electrons. The van der Waals surface area contributed by atoms with Crippen molar-refractivity contribution >= 4 is 5.97 Å². The minimum atomic E-state index is -4.60. The fourth-order valence-corrected chi connectivity index (χ4v) is 4.32. The van der Waals surface area contributed by atoms with Crippen LogP contribution in [-0.4, -0.2) is 50.4 Å². The number of aromatic nitrogens is 2. The Bertz CT molecular complexity index is 1430. The van der Waals surface area contributed by atoms with E-state index in [9.17, 15) is 28.2 Å². The van der Waals surface area contributed by atoms with Gasteiger partial charge in [-0.25, -0.2) is 0 Å². The van der Waals surface area contributed by atoms with Crippen molar-refractivity contribution in [1.29, 1.82) is 0 Å². The molecule has 0 aliphatic heterocycles. The summed E-state index contributed by atoms with van der Waals surface area (Å²) in [6.45, 7) is 3.67. The van der Waals surface area contributed by atoms with Crippen LogP contribution in [0.1, 0.15) is 23.6 Å². The van der Waals surface area contributed by atoms with E-state index in [-0.39, 0.29) is 29.4 Å². The van der Waals surface area contributed by atoms with Crippen LogP contribution in [0, 0.1) is 6.92 Å². The van der Waals surface area contributed by atoms with Gasteiger partial charge in [-0.2, -0.15) is 18.2 Å². The second kappa shape index (κ2) is 11.2. The lowest BCUT2D eigenvalue weighted by Crippen LogP contribution is -2.43. The molecule has 4 rings (SSSR count). The van der Waals surface area contributed by atoms with Gasteiger partial charge in [0.15, 0.2) is 0 Å². The van der Waals surface area contributed by atoms with Gasteiger partial charge in [0.1, 0.15) is 6.04 Å². The van der Waals surface area contributed by atoms with Gasteiger partial charge < -0.3 is 14.7 Å². The molecule has 2 N–H and O–H groups in total. The summed E-state index contributed by atoms with van der Waals surface area (Å²) in [7, 11) is 0. The minimum absolute atomic E-state index is 0.0614. The largest absolute Gasteiger partial charge is 0.480 e. The van der Waals surface area contributed by atoms with Crippen molar-refractivity contribution in [2.24, 2.45) is 0 Å². The first-order valence-electron chi connectivity index (χ1n) is 11.9. The lowest BCUT2D eigenvalue weighted by atomic mass is 9.94. The molecular weight excluding hydrogens is 499 g/mol. The maximum absolute atomic E-state index is 14.0. The number of likely N-dealkylation sites (N-methyl/N-ethyl adjacent to an activating group) is 1. The highest BCUT2D eigenvalue weighted by Crippen LogP contribution is 2.40. The van der Waals surface area contributed by atoms with Crippen LogP contribution in [0.15, 0.2) is 71.3 Å². The summed E-state index contributed by atoms with van der Waals surface area (Å²) in [5, 5.41) is 22.8. The molecule has 1 aromatic heterocycles. The summed E-state index contributed by atoms with van der Waals surface area (Å²) >= 11 is 0. The van der Waals surface area contributed by atoms with Crippen LogP contribution < -0.4 is 0 Å². The highest BCUT2D eigenvalue weighted by molar-refractivity contribution is 5.75. The van der Waals surface area contributed by atoms with E-state index in [0.29, 0.717) is 17.7 Å². The van der Waals surface area contributed by atoms with Crippen LogP contribution in [0.3, 0.4) is 0 Å². The molecule has 0 amide bonds.